The normalized spacial score (nSPS) is 17.7. The lowest BCUT2D eigenvalue weighted by molar-refractivity contribution is -0.140. The van der Waals surface area contributed by atoms with E-state index in [0.717, 1.165) is 12.8 Å². The third kappa shape index (κ3) is 4.36. The van der Waals surface area contributed by atoms with Crippen LogP contribution in [0, 0.1) is 5.92 Å². The van der Waals surface area contributed by atoms with Crippen LogP contribution in [0.15, 0.2) is 23.1 Å². The molecule has 0 radical (unpaired) electrons. The van der Waals surface area contributed by atoms with Gasteiger partial charge in [-0.15, -0.1) is 0 Å². The number of rotatable bonds is 7. The summed E-state index contributed by atoms with van der Waals surface area (Å²) in [6, 6.07) is 2.89. The van der Waals surface area contributed by atoms with E-state index in [2.05, 4.69) is 5.32 Å². The number of carboxylic acids is 1. The van der Waals surface area contributed by atoms with E-state index >= 15 is 0 Å². The molecular weight excluding hydrogens is 380 g/mol. The first-order chi connectivity index (χ1) is 12.2. The Kier molecular flexibility index (Phi) is 6.65. The smallest absolute Gasteiger partial charge is 0.326 e. The van der Waals surface area contributed by atoms with Crippen LogP contribution >= 0.6 is 11.6 Å². The molecule has 2 atom stereocenters. The number of sulfonamides is 1. The zero-order chi connectivity index (χ0) is 19.5. The van der Waals surface area contributed by atoms with Gasteiger partial charge in [-0.1, -0.05) is 31.9 Å². The molecule has 144 valence electrons. The first-order valence-electron chi connectivity index (χ1n) is 8.51. The highest BCUT2D eigenvalue weighted by atomic mass is 35.5. The van der Waals surface area contributed by atoms with Gasteiger partial charge in [0.15, 0.2) is 0 Å². The Labute approximate surface area is 158 Å². The quantitative estimate of drug-likeness (QED) is 0.728. The van der Waals surface area contributed by atoms with Crippen LogP contribution in [0.25, 0.3) is 0 Å². The van der Waals surface area contributed by atoms with Gasteiger partial charge >= 0.3 is 5.97 Å². The molecule has 1 aromatic carbocycles. The summed E-state index contributed by atoms with van der Waals surface area (Å²) in [6.45, 7) is 4.40. The number of carbonyl (C=O) groups is 2. The minimum atomic E-state index is -3.79. The summed E-state index contributed by atoms with van der Waals surface area (Å²) in [7, 11) is -3.79. The maximum atomic E-state index is 12.7. The van der Waals surface area contributed by atoms with Crippen LogP contribution in [0.3, 0.4) is 0 Å². The van der Waals surface area contributed by atoms with Crippen LogP contribution in [0.2, 0.25) is 5.02 Å². The molecule has 2 N–H and O–H groups in total. The van der Waals surface area contributed by atoms with E-state index in [1.165, 1.54) is 22.5 Å². The first-order valence-corrected chi connectivity index (χ1v) is 10.3. The number of carbonyl (C=O) groups excluding carboxylic acids is 1. The second-order valence-electron chi connectivity index (χ2n) is 6.43. The Hall–Kier alpha value is -1.64. The monoisotopic (exact) mass is 402 g/mol. The van der Waals surface area contributed by atoms with Crippen LogP contribution in [0.4, 0.5) is 0 Å². The van der Waals surface area contributed by atoms with Crippen LogP contribution in [0.5, 0.6) is 0 Å². The highest BCUT2D eigenvalue weighted by molar-refractivity contribution is 7.89. The average Bonchev–Trinajstić information content (AvgIpc) is 3.14. The number of nitrogens with one attached hydrogen (secondary N) is 1. The number of hydrogen-bond donors (Lipinski definition) is 2. The topological polar surface area (TPSA) is 104 Å². The van der Waals surface area contributed by atoms with Crippen molar-refractivity contribution in [2.24, 2.45) is 5.92 Å². The van der Waals surface area contributed by atoms with E-state index in [1.807, 2.05) is 6.92 Å². The molecular formula is C17H23ClN2O5S. The van der Waals surface area contributed by atoms with Crippen molar-refractivity contribution >= 4 is 33.5 Å². The van der Waals surface area contributed by atoms with Crippen molar-refractivity contribution in [3.05, 3.63) is 28.8 Å². The van der Waals surface area contributed by atoms with Gasteiger partial charge in [-0.3, -0.25) is 4.79 Å². The van der Waals surface area contributed by atoms with Gasteiger partial charge in [0.25, 0.3) is 5.91 Å². The maximum Gasteiger partial charge on any atom is 0.326 e. The van der Waals surface area contributed by atoms with Gasteiger partial charge in [-0.25, -0.2) is 13.2 Å². The predicted octanol–water partition coefficient (Wildman–Crippen LogP) is 2.35. The molecule has 7 nitrogen and oxygen atoms in total. The maximum absolute atomic E-state index is 12.7. The summed E-state index contributed by atoms with van der Waals surface area (Å²) < 4.78 is 26.8. The Morgan fingerprint density at radius 3 is 2.46 bits per heavy atom. The fraction of sp³-hybridized carbons (Fsp3) is 0.529. The zero-order valence-electron chi connectivity index (χ0n) is 14.7. The standard InChI is InChI=1S/C17H23ClN2O5S/c1-3-11(2)15(17(22)23)19-16(21)12-6-7-13(18)14(10-12)26(24,25)20-8-4-5-9-20/h6-7,10-11,15H,3-5,8-9H2,1-2H3,(H,19,21)(H,22,23)/t11-,15-/m1/s1. The van der Waals surface area contributed by atoms with Crippen molar-refractivity contribution in [2.75, 3.05) is 13.1 Å². The van der Waals surface area contributed by atoms with E-state index in [-0.39, 0.29) is 21.4 Å². The minimum absolute atomic E-state index is 0.0326. The fourth-order valence-electron chi connectivity index (χ4n) is 2.82. The van der Waals surface area contributed by atoms with Crippen LogP contribution < -0.4 is 5.32 Å². The Morgan fingerprint density at radius 2 is 1.92 bits per heavy atom. The molecule has 1 aliphatic heterocycles. The van der Waals surface area contributed by atoms with Crippen LogP contribution in [-0.4, -0.2) is 48.8 Å². The Balaban J connectivity index is 2.31. The number of carboxylic acid groups (broad SMARTS) is 1. The number of halogens is 1. The van der Waals surface area contributed by atoms with Gasteiger partial charge in [0.1, 0.15) is 10.9 Å². The van der Waals surface area contributed by atoms with Gasteiger partial charge in [0.2, 0.25) is 10.0 Å². The molecule has 1 fully saturated rings. The predicted molar refractivity (Wildman–Crippen MR) is 97.8 cm³/mol. The van der Waals surface area contributed by atoms with Gasteiger partial charge in [-0.05, 0) is 37.0 Å². The summed E-state index contributed by atoms with van der Waals surface area (Å²) in [5, 5.41) is 11.8. The molecule has 1 aliphatic rings. The molecule has 1 amide bonds. The molecule has 26 heavy (non-hydrogen) atoms. The van der Waals surface area contributed by atoms with E-state index in [9.17, 15) is 23.1 Å². The molecule has 0 aromatic heterocycles. The Morgan fingerprint density at radius 1 is 1.31 bits per heavy atom. The Bertz CT molecular complexity index is 790. The van der Waals surface area contributed by atoms with Crippen LogP contribution in [-0.2, 0) is 14.8 Å². The fourth-order valence-corrected chi connectivity index (χ4v) is 4.83. The second-order valence-corrected chi connectivity index (χ2v) is 8.74. The van der Waals surface area contributed by atoms with E-state index < -0.39 is 27.9 Å². The third-order valence-corrected chi connectivity index (χ3v) is 7.02. The van der Waals surface area contributed by atoms with Crippen LogP contribution in [0.1, 0.15) is 43.5 Å². The summed E-state index contributed by atoms with van der Waals surface area (Å²) in [5.41, 5.74) is 0.0572. The summed E-state index contributed by atoms with van der Waals surface area (Å²) in [4.78, 5) is 23.7. The highest BCUT2D eigenvalue weighted by Crippen LogP contribution is 2.28. The molecule has 0 aliphatic carbocycles. The molecule has 0 saturated carbocycles. The SMILES string of the molecule is CC[C@@H](C)[C@@H](NC(=O)c1ccc(Cl)c(S(=O)(=O)N2CCCC2)c1)C(=O)O. The number of hydrogen-bond acceptors (Lipinski definition) is 4. The largest absolute Gasteiger partial charge is 0.480 e. The van der Waals surface area contributed by atoms with E-state index in [0.29, 0.717) is 19.5 Å². The molecule has 0 spiro atoms. The van der Waals surface area contributed by atoms with Crippen molar-refractivity contribution in [1.29, 1.82) is 0 Å². The molecule has 0 unspecified atom stereocenters. The number of amides is 1. The highest BCUT2D eigenvalue weighted by Gasteiger charge is 2.31. The molecule has 2 rings (SSSR count). The van der Waals surface area contributed by atoms with Crippen molar-refractivity contribution in [3.63, 3.8) is 0 Å². The molecule has 9 heteroatoms. The second kappa shape index (κ2) is 8.37. The van der Waals surface area contributed by atoms with Crippen molar-refractivity contribution < 1.29 is 23.1 Å². The van der Waals surface area contributed by atoms with Gasteiger partial charge in [0, 0.05) is 18.7 Å². The number of benzene rings is 1. The lowest BCUT2D eigenvalue weighted by Gasteiger charge is -2.21. The number of nitrogens with zero attached hydrogens (tertiary/aromatic N) is 1. The van der Waals surface area contributed by atoms with Crippen molar-refractivity contribution in [2.45, 2.75) is 44.0 Å². The third-order valence-electron chi connectivity index (χ3n) is 4.64. The molecule has 0 bridgehead atoms. The summed E-state index contributed by atoms with van der Waals surface area (Å²) >= 11 is 6.06. The zero-order valence-corrected chi connectivity index (χ0v) is 16.3. The minimum Gasteiger partial charge on any atom is -0.480 e. The van der Waals surface area contributed by atoms with E-state index in [4.69, 9.17) is 11.6 Å². The molecule has 1 aromatic rings. The summed E-state index contributed by atoms with van der Waals surface area (Å²) in [5.74, 6) is -2.05. The molecule has 1 heterocycles. The molecule has 1 saturated heterocycles. The first kappa shape index (κ1) is 20.7. The lowest BCUT2D eigenvalue weighted by atomic mass is 9.99. The number of aliphatic carboxylic acids is 1. The van der Waals surface area contributed by atoms with Gasteiger partial charge in [0.05, 0.1) is 5.02 Å². The van der Waals surface area contributed by atoms with Crippen molar-refractivity contribution in [1.82, 2.24) is 9.62 Å². The van der Waals surface area contributed by atoms with Crippen molar-refractivity contribution in [3.8, 4) is 0 Å². The van der Waals surface area contributed by atoms with Gasteiger partial charge in [-0.2, -0.15) is 4.31 Å². The van der Waals surface area contributed by atoms with Gasteiger partial charge < -0.3 is 10.4 Å². The van der Waals surface area contributed by atoms with E-state index in [1.54, 1.807) is 6.92 Å². The average molecular weight is 403 g/mol. The lowest BCUT2D eigenvalue weighted by Crippen LogP contribution is -2.45. The summed E-state index contributed by atoms with van der Waals surface area (Å²) in [6.07, 6.45) is 2.14.